The highest BCUT2D eigenvalue weighted by Gasteiger charge is 2.22. The van der Waals surface area contributed by atoms with E-state index in [1.165, 1.54) is 6.08 Å². The van der Waals surface area contributed by atoms with Crippen LogP contribution in [0, 0.1) is 0 Å². The molecule has 0 amide bonds. The molecule has 4 nitrogen and oxygen atoms in total. The molecule has 37 heavy (non-hydrogen) atoms. The summed E-state index contributed by atoms with van der Waals surface area (Å²) >= 11 is 9.36. The average molecular weight is 576 g/mol. The van der Waals surface area contributed by atoms with Gasteiger partial charge in [0.15, 0.2) is 11.9 Å². The first-order chi connectivity index (χ1) is 17.9. The van der Waals surface area contributed by atoms with Crippen LogP contribution in [0.5, 0.6) is 5.75 Å². The Kier molecular flexibility index (Phi) is 8.94. The van der Waals surface area contributed by atoms with Gasteiger partial charge in [0.25, 0.3) is 0 Å². The highest BCUT2D eigenvalue weighted by molar-refractivity contribution is 9.10. The lowest BCUT2D eigenvalue weighted by Gasteiger charge is -2.17. The molecule has 0 aliphatic rings. The van der Waals surface area contributed by atoms with Crippen molar-refractivity contribution >= 4 is 45.4 Å². The minimum Gasteiger partial charge on any atom is -0.479 e. The number of hydrogen-bond acceptors (Lipinski definition) is 3. The third-order valence-electron chi connectivity index (χ3n) is 5.82. The summed E-state index contributed by atoms with van der Waals surface area (Å²) in [5.74, 6) is -1.09. The molecular formula is C31H24BrClO4. The minimum atomic E-state index is -1.10. The van der Waals surface area contributed by atoms with Crippen molar-refractivity contribution in [1.29, 1.82) is 0 Å². The number of carbonyl (C=O) groups is 2. The molecule has 4 aromatic carbocycles. The minimum absolute atomic E-state index is 0.249. The molecular weight excluding hydrogens is 552 g/mol. The fourth-order valence-electron chi connectivity index (χ4n) is 3.80. The van der Waals surface area contributed by atoms with Crippen LogP contribution in [-0.2, 0) is 11.2 Å². The number of ether oxygens (including phenoxy) is 1. The van der Waals surface area contributed by atoms with Crippen LogP contribution >= 0.6 is 27.5 Å². The van der Waals surface area contributed by atoms with Gasteiger partial charge < -0.3 is 9.84 Å². The quantitative estimate of drug-likeness (QED) is 0.153. The van der Waals surface area contributed by atoms with E-state index in [0.717, 1.165) is 26.7 Å². The van der Waals surface area contributed by atoms with Crippen molar-refractivity contribution in [2.45, 2.75) is 18.9 Å². The molecule has 1 unspecified atom stereocenters. The Morgan fingerprint density at radius 2 is 1.49 bits per heavy atom. The third-order valence-corrected chi connectivity index (χ3v) is 6.60. The second-order valence-corrected chi connectivity index (χ2v) is 9.78. The Balaban J connectivity index is 1.42. The van der Waals surface area contributed by atoms with Crippen LogP contribution in [0.25, 0.3) is 17.2 Å². The molecule has 4 aromatic rings. The predicted molar refractivity (Wildman–Crippen MR) is 151 cm³/mol. The number of hydrogen-bond donors (Lipinski definition) is 1. The molecule has 0 heterocycles. The number of para-hydroxylation sites is 1. The molecule has 1 N–H and O–H groups in total. The van der Waals surface area contributed by atoms with Gasteiger partial charge in [-0.2, -0.15) is 0 Å². The van der Waals surface area contributed by atoms with Gasteiger partial charge in [-0.15, -0.1) is 0 Å². The molecule has 6 heteroatoms. The van der Waals surface area contributed by atoms with Gasteiger partial charge in [-0.05, 0) is 77.6 Å². The van der Waals surface area contributed by atoms with Crippen molar-refractivity contribution in [3.8, 4) is 16.9 Å². The van der Waals surface area contributed by atoms with Gasteiger partial charge in [0.05, 0.1) is 5.56 Å². The van der Waals surface area contributed by atoms with E-state index in [0.29, 0.717) is 17.0 Å². The van der Waals surface area contributed by atoms with Crippen molar-refractivity contribution in [2.75, 3.05) is 0 Å². The van der Waals surface area contributed by atoms with Crippen LogP contribution < -0.4 is 4.74 Å². The lowest BCUT2D eigenvalue weighted by atomic mass is 10.0. The summed E-state index contributed by atoms with van der Waals surface area (Å²) in [7, 11) is 0. The maximum Gasteiger partial charge on any atom is 0.344 e. The smallest absolute Gasteiger partial charge is 0.344 e. The van der Waals surface area contributed by atoms with Crippen LogP contribution in [0.3, 0.4) is 0 Å². The van der Waals surface area contributed by atoms with Crippen LogP contribution in [0.2, 0.25) is 5.02 Å². The lowest BCUT2D eigenvalue weighted by Crippen LogP contribution is -2.28. The largest absolute Gasteiger partial charge is 0.479 e. The second kappa shape index (κ2) is 12.5. The molecule has 4 rings (SSSR count). The average Bonchev–Trinajstić information content (AvgIpc) is 2.91. The number of aryl methyl sites for hydroxylation is 1. The highest BCUT2D eigenvalue weighted by atomic mass is 79.9. The number of allylic oxidation sites excluding steroid dienone is 1. The molecule has 0 spiro atoms. The van der Waals surface area contributed by atoms with Gasteiger partial charge in [-0.3, -0.25) is 4.79 Å². The number of rotatable bonds is 10. The zero-order valence-corrected chi connectivity index (χ0v) is 22.2. The van der Waals surface area contributed by atoms with Crippen molar-refractivity contribution < 1.29 is 19.4 Å². The zero-order valence-electron chi connectivity index (χ0n) is 19.8. The first-order valence-corrected chi connectivity index (χ1v) is 12.9. The molecule has 1 atom stereocenters. The van der Waals surface area contributed by atoms with Crippen LogP contribution in [0.1, 0.15) is 27.9 Å². The van der Waals surface area contributed by atoms with Crippen molar-refractivity contribution in [2.24, 2.45) is 0 Å². The van der Waals surface area contributed by atoms with Crippen LogP contribution in [0.15, 0.2) is 108 Å². The van der Waals surface area contributed by atoms with Crippen LogP contribution in [0.4, 0.5) is 0 Å². The maximum absolute atomic E-state index is 12.9. The van der Waals surface area contributed by atoms with Gasteiger partial charge >= 0.3 is 5.97 Å². The molecule has 186 valence electrons. The lowest BCUT2D eigenvalue weighted by molar-refractivity contribution is -0.145. The molecule has 0 saturated heterocycles. The number of benzene rings is 4. The molecule has 0 radical (unpaired) electrons. The monoisotopic (exact) mass is 574 g/mol. The van der Waals surface area contributed by atoms with E-state index >= 15 is 0 Å². The number of carboxylic acid groups (broad SMARTS) is 1. The summed E-state index contributed by atoms with van der Waals surface area (Å²) in [6.45, 7) is 0. The summed E-state index contributed by atoms with van der Waals surface area (Å²) in [4.78, 5) is 24.8. The highest BCUT2D eigenvalue weighted by Crippen LogP contribution is 2.24. The van der Waals surface area contributed by atoms with Gasteiger partial charge in [-0.25, -0.2) is 4.79 Å². The summed E-state index contributed by atoms with van der Waals surface area (Å²) in [6, 6.07) is 29.8. The van der Waals surface area contributed by atoms with E-state index in [1.54, 1.807) is 30.3 Å². The van der Waals surface area contributed by atoms with E-state index in [1.807, 2.05) is 72.8 Å². The third kappa shape index (κ3) is 7.42. The van der Waals surface area contributed by atoms with E-state index in [9.17, 15) is 14.7 Å². The fourth-order valence-corrected chi connectivity index (χ4v) is 4.19. The number of ketones is 1. The summed E-state index contributed by atoms with van der Waals surface area (Å²) in [6.07, 6.45) is 2.85. The van der Waals surface area contributed by atoms with E-state index in [2.05, 4.69) is 15.9 Å². The number of halogens is 2. The number of aliphatic carboxylic acids is 1. The first kappa shape index (κ1) is 26.4. The summed E-state index contributed by atoms with van der Waals surface area (Å²) < 4.78 is 6.80. The SMILES string of the molecule is O=C(/C=C\c1ccc(Br)cc1)c1ccccc1OC(CCc1ccc(-c2ccc(Cl)cc2)cc1)C(=O)O. The van der Waals surface area contributed by atoms with Gasteiger partial charge in [0.1, 0.15) is 5.75 Å². The molecule has 0 aromatic heterocycles. The second-order valence-electron chi connectivity index (χ2n) is 8.43. The zero-order chi connectivity index (χ0) is 26.2. The van der Waals surface area contributed by atoms with Gasteiger partial charge in [0, 0.05) is 9.50 Å². The van der Waals surface area contributed by atoms with Gasteiger partial charge in [-0.1, -0.05) is 94.3 Å². The van der Waals surface area contributed by atoms with Gasteiger partial charge in [0.2, 0.25) is 0 Å². The summed E-state index contributed by atoms with van der Waals surface area (Å²) in [5.41, 5.74) is 4.29. The normalized spacial score (nSPS) is 11.8. The molecule has 0 aliphatic heterocycles. The number of carboxylic acids is 1. The fraction of sp³-hybridized carbons (Fsp3) is 0.0968. The van der Waals surface area contributed by atoms with Crippen molar-refractivity contribution in [3.63, 3.8) is 0 Å². The van der Waals surface area contributed by atoms with Crippen molar-refractivity contribution in [3.05, 3.63) is 129 Å². The van der Waals surface area contributed by atoms with Crippen LogP contribution in [-0.4, -0.2) is 23.0 Å². The standard InChI is InChI=1S/C31H24BrClO4/c32-25-15-7-22(8-16-25)9-19-28(34)27-3-1-2-4-29(27)37-30(31(35)36)20-10-21-5-11-23(12-6-21)24-13-17-26(33)18-14-24/h1-9,11-19,30H,10,20H2,(H,35,36)/b19-9-. The maximum atomic E-state index is 12.9. The molecule has 0 saturated carbocycles. The Morgan fingerprint density at radius 1 is 0.865 bits per heavy atom. The molecule has 0 fully saturated rings. The Bertz CT molecular complexity index is 1390. The topological polar surface area (TPSA) is 63.6 Å². The molecule has 0 aliphatic carbocycles. The Labute approximate surface area is 229 Å². The Hall–Kier alpha value is -3.67. The van der Waals surface area contributed by atoms with Crippen molar-refractivity contribution in [1.82, 2.24) is 0 Å². The predicted octanol–water partition coefficient (Wildman–Crippen LogP) is 8.13. The van der Waals surface area contributed by atoms with E-state index in [4.69, 9.17) is 16.3 Å². The Morgan fingerprint density at radius 3 is 2.14 bits per heavy atom. The summed E-state index contributed by atoms with van der Waals surface area (Å²) in [5, 5.41) is 10.5. The first-order valence-electron chi connectivity index (χ1n) is 11.7. The van der Waals surface area contributed by atoms with E-state index in [-0.39, 0.29) is 18.0 Å². The molecule has 0 bridgehead atoms. The van der Waals surface area contributed by atoms with E-state index < -0.39 is 12.1 Å². The number of carbonyl (C=O) groups excluding carboxylic acids is 1.